The van der Waals surface area contributed by atoms with Gasteiger partial charge in [-0.05, 0) is 78.0 Å². The molecule has 0 radical (unpaired) electrons. The zero-order chi connectivity index (χ0) is 17.6. The molecule has 4 rings (SSSR count). The summed E-state index contributed by atoms with van der Waals surface area (Å²) in [5.74, 6) is 0. The van der Waals surface area contributed by atoms with Crippen molar-refractivity contribution in [3.63, 3.8) is 0 Å². The molecule has 1 aliphatic rings. The van der Waals surface area contributed by atoms with Crippen LogP contribution in [-0.4, -0.2) is 24.5 Å². The first-order chi connectivity index (χ1) is 12.3. The summed E-state index contributed by atoms with van der Waals surface area (Å²) in [6, 6.07) is 18.0. The fraction of sp³-hybridized carbons (Fsp3) is 0.417. The quantitative estimate of drug-likeness (QED) is 0.514. The SMILES string of the molecule is CCN(CC)CC.c1ccc2c(c1)ccc1c3c(ccc12)CCCC3. The monoisotopic (exact) mass is 333 g/mol. The Labute approximate surface area is 152 Å². The van der Waals surface area contributed by atoms with E-state index >= 15 is 0 Å². The van der Waals surface area contributed by atoms with E-state index in [0.717, 1.165) is 0 Å². The molecule has 0 saturated heterocycles. The molecule has 0 bridgehead atoms. The van der Waals surface area contributed by atoms with Crippen LogP contribution in [0.3, 0.4) is 0 Å². The average Bonchev–Trinajstić information content (AvgIpc) is 2.69. The van der Waals surface area contributed by atoms with Crippen LogP contribution in [-0.2, 0) is 12.8 Å². The molecule has 3 aromatic rings. The highest BCUT2D eigenvalue weighted by molar-refractivity contribution is 6.08. The van der Waals surface area contributed by atoms with Gasteiger partial charge in [0.05, 0.1) is 0 Å². The fourth-order valence-electron chi connectivity index (χ4n) is 4.01. The van der Waals surface area contributed by atoms with E-state index in [9.17, 15) is 0 Å². The van der Waals surface area contributed by atoms with Crippen LogP contribution in [0, 0.1) is 0 Å². The molecule has 1 nitrogen and oxygen atoms in total. The predicted octanol–water partition coefficient (Wildman–Crippen LogP) is 6.22. The second-order valence-corrected chi connectivity index (χ2v) is 6.91. The molecule has 0 spiro atoms. The van der Waals surface area contributed by atoms with Crippen molar-refractivity contribution in [2.75, 3.05) is 19.6 Å². The van der Waals surface area contributed by atoms with Crippen LogP contribution in [0.5, 0.6) is 0 Å². The molecule has 0 amide bonds. The summed E-state index contributed by atoms with van der Waals surface area (Å²) in [6.07, 6.45) is 5.22. The molecule has 25 heavy (non-hydrogen) atoms. The van der Waals surface area contributed by atoms with Crippen molar-refractivity contribution in [2.24, 2.45) is 0 Å². The first kappa shape index (κ1) is 17.9. The van der Waals surface area contributed by atoms with Gasteiger partial charge < -0.3 is 4.90 Å². The number of benzene rings is 3. The van der Waals surface area contributed by atoms with Gasteiger partial charge in [-0.15, -0.1) is 0 Å². The Morgan fingerprint density at radius 2 is 1.36 bits per heavy atom. The summed E-state index contributed by atoms with van der Waals surface area (Å²) >= 11 is 0. The molecule has 0 unspecified atom stereocenters. The standard InChI is InChI=1S/C18H16.C6H15N/c1-3-7-15-13(5-1)9-11-18-16-8-4-2-6-14(16)10-12-17(15)18;1-4-7(5-2)6-3/h1,3,5,7,9-12H,2,4,6,8H2;4-6H2,1-3H3. The van der Waals surface area contributed by atoms with Gasteiger partial charge in [0, 0.05) is 0 Å². The molecular formula is C24H31N. The summed E-state index contributed by atoms with van der Waals surface area (Å²) in [7, 11) is 0. The second kappa shape index (κ2) is 8.49. The van der Waals surface area contributed by atoms with Gasteiger partial charge >= 0.3 is 0 Å². The van der Waals surface area contributed by atoms with E-state index in [1.165, 1.54) is 66.9 Å². The van der Waals surface area contributed by atoms with Gasteiger partial charge in [-0.25, -0.2) is 0 Å². The summed E-state index contributed by atoms with van der Waals surface area (Å²) in [4.78, 5) is 2.38. The van der Waals surface area contributed by atoms with Crippen LogP contribution in [0.2, 0.25) is 0 Å². The third-order valence-electron chi connectivity index (χ3n) is 5.60. The number of nitrogens with zero attached hydrogens (tertiary/aromatic N) is 1. The number of aryl methyl sites for hydroxylation is 2. The molecule has 3 aromatic carbocycles. The van der Waals surface area contributed by atoms with Crippen LogP contribution < -0.4 is 0 Å². The number of fused-ring (bicyclic) bond motifs is 5. The maximum atomic E-state index is 2.38. The lowest BCUT2D eigenvalue weighted by Crippen LogP contribution is -2.21. The van der Waals surface area contributed by atoms with Crippen molar-refractivity contribution >= 4 is 21.5 Å². The van der Waals surface area contributed by atoms with Gasteiger partial charge in [-0.3, -0.25) is 0 Å². The van der Waals surface area contributed by atoms with Crippen molar-refractivity contribution in [3.8, 4) is 0 Å². The van der Waals surface area contributed by atoms with E-state index in [2.05, 4.69) is 74.2 Å². The highest BCUT2D eigenvalue weighted by atomic mass is 15.1. The Morgan fingerprint density at radius 3 is 2.08 bits per heavy atom. The fourth-order valence-corrected chi connectivity index (χ4v) is 4.01. The van der Waals surface area contributed by atoms with Crippen molar-refractivity contribution in [2.45, 2.75) is 46.5 Å². The van der Waals surface area contributed by atoms with Crippen LogP contribution in [0.15, 0.2) is 48.5 Å². The Hall–Kier alpha value is -1.86. The molecular weight excluding hydrogens is 302 g/mol. The molecule has 0 heterocycles. The van der Waals surface area contributed by atoms with E-state index in [-0.39, 0.29) is 0 Å². The van der Waals surface area contributed by atoms with Gasteiger partial charge in [0.2, 0.25) is 0 Å². The largest absolute Gasteiger partial charge is 0.304 e. The zero-order valence-corrected chi connectivity index (χ0v) is 16.0. The molecule has 0 aliphatic heterocycles. The highest BCUT2D eigenvalue weighted by Gasteiger charge is 2.13. The molecule has 0 aromatic heterocycles. The zero-order valence-electron chi connectivity index (χ0n) is 16.0. The predicted molar refractivity (Wildman–Crippen MR) is 112 cm³/mol. The van der Waals surface area contributed by atoms with Crippen LogP contribution in [0.4, 0.5) is 0 Å². The van der Waals surface area contributed by atoms with Crippen molar-refractivity contribution in [3.05, 3.63) is 59.7 Å². The lowest BCUT2D eigenvalue weighted by Gasteiger charge is -2.18. The Bertz CT molecular complexity index is 824. The number of hydrogen-bond donors (Lipinski definition) is 0. The first-order valence-corrected chi connectivity index (χ1v) is 9.93. The first-order valence-electron chi connectivity index (χ1n) is 9.93. The Balaban J connectivity index is 0.000000225. The molecule has 0 N–H and O–H groups in total. The van der Waals surface area contributed by atoms with E-state index in [0.29, 0.717) is 0 Å². The summed E-state index contributed by atoms with van der Waals surface area (Å²) in [6.45, 7) is 10.1. The molecule has 0 atom stereocenters. The minimum absolute atomic E-state index is 1.19. The van der Waals surface area contributed by atoms with Crippen LogP contribution in [0.25, 0.3) is 21.5 Å². The maximum absolute atomic E-state index is 2.38. The molecule has 0 saturated carbocycles. The minimum Gasteiger partial charge on any atom is -0.304 e. The second-order valence-electron chi connectivity index (χ2n) is 6.91. The highest BCUT2D eigenvalue weighted by Crippen LogP contribution is 2.33. The third-order valence-corrected chi connectivity index (χ3v) is 5.60. The average molecular weight is 334 g/mol. The van der Waals surface area contributed by atoms with E-state index in [1.54, 1.807) is 11.1 Å². The smallest absolute Gasteiger partial charge is 0.00474 e. The minimum atomic E-state index is 1.19. The summed E-state index contributed by atoms with van der Waals surface area (Å²) in [5.41, 5.74) is 3.17. The molecule has 1 heteroatoms. The van der Waals surface area contributed by atoms with Crippen molar-refractivity contribution in [1.82, 2.24) is 4.90 Å². The normalized spacial score (nSPS) is 13.6. The van der Waals surface area contributed by atoms with Gasteiger partial charge in [0.25, 0.3) is 0 Å². The van der Waals surface area contributed by atoms with Crippen LogP contribution in [0.1, 0.15) is 44.7 Å². The van der Waals surface area contributed by atoms with E-state index in [1.807, 2.05) is 0 Å². The maximum Gasteiger partial charge on any atom is -0.00474 e. The van der Waals surface area contributed by atoms with E-state index in [4.69, 9.17) is 0 Å². The van der Waals surface area contributed by atoms with E-state index < -0.39 is 0 Å². The van der Waals surface area contributed by atoms with Crippen molar-refractivity contribution < 1.29 is 0 Å². The Kier molecular flexibility index (Phi) is 6.09. The van der Waals surface area contributed by atoms with Gasteiger partial charge in [0.1, 0.15) is 0 Å². The Morgan fingerprint density at radius 1 is 0.680 bits per heavy atom. The lowest BCUT2D eigenvalue weighted by molar-refractivity contribution is 0.321. The number of hydrogen-bond acceptors (Lipinski definition) is 1. The molecule has 132 valence electrons. The number of rotatable bonds is 3. The topological polar surface area (TPSA) is 3.24 Å². The van der Waals surface area contributed by atoms with Gasteiger partial charge in [0.15, 0.2) is 0 Å². The molecule has 1 aliphatic carbocycles. The van der Waals surface area contributed by atoms with Gasteiger partial charge in [-0.2, -0.15) is 0 Å². The summed E-state index contributed by atoms with van der Waals surface area (Å²) < 4.78 is 0. The van der Waals surface area contributed by atoms with Crippen LogP contribution >= 0.6 is 0 Å². The van der Waals surface area contributed by atoms with Crippen molar-refractivity contribution in [1.29, 1.82) is 0 Å². The third kappa shape index (κ3) is 3.88. The van der Waals surface area contributed by atoms with Gasteiger partial charge in [-0.1, -0.05) is 69.3 Å². The molecule has 0 fully saturated rings. The lowest BCUT2D eigenvalue weighted by atomic mass is 9.86. The summed E-state index contributed by atoms with van der Waals surface area (Å²) in [5, 5.41) is 5.64.